The zero-order chi connectivity index (χ0) is 20.4. The molecule has 150 valence electrons. The molecule has 2 amide bonds. The van der Waals surface area contributed by atoms with Crippen molar-refractivity contribution in [3.8, 4) is 11.3 Å². The Morgan fingerprint density at radius 3 is 2.34 bits per heavy atom. The second-order valence-electron chi connectivity index (χ2n) is 7.20. The van der Waals surface area contributed by atoms with E-state index in [1.807, 2.05) is 34.2 Å². The quantitative estimate of drug-likeness (QED) is 0.635. The van der Waals surface area contributed by atoms with E-state index in [2.05, 4.69) is 36.2 Å². The number of nitrogens with zero attached hydrogens (tertiary/aromatic N) is 3. The largest absolute Gasteiger partial charge is 0.339 e. The van der Waals surface area contributed by atoms with Gasteiger partial charge < -0.3 is 9.80 Å². The highest BCUT2D eigenvalue weighted by molar-refractivity contribution is 7.12. The molecular weight excluding hydrogens is 402 g/mol. The lowest BCUT2D eigenvalue weighted by Gasteiger charge is -2.34. The fourth-order valence-electron chi connectivity index (χ4n) is 3.49. The molecule has 3 heterocycles. The molecule has 2 aromatic heterocycles. The molecule has 7 heteroatoms. The van der Waals surface area contributed by atoms with Crippen molar-refractivity contribution in [2.45, 2.75) is 20.3 Å². The highest BCUT2D eigenvalue weighted by Gasteiger charge is 2.26. The van der Waals surface area contributed by atoms with Crippen LogP contribution in [0.3, 0.4) is 0 Å². The monoisotopic (exact) mass is 425 g/mol. The van der Waals surface area contributed by atoms with Crippen molar-refractivity contribution in [2.75, 3.05) is 26.2 Å². The van der Waals surface area contributed by atoms with E-state index in [1.165, 1.54) is 16.9 Å². The molecule has 4 rings (SSSR count). The van der Waals surface area contributed by atoms with Crippen molar-refractivity contribution in [3.05, 3.63) is 62.1 Å². The van der Waals surface area contributed by atoms with Crippen molar-refractivity contribution >= 4 is 34.5 Å². The van der Waals surface area contributed by atoms with E-state index >= 15 is 0 Å². The summed E-state index contributed by atoms with van der Waals surface area (Å²) >= 11 is 3.05. The number of carbonyl (C=O) groups excluding carboxylic acids is 2. The lowest BCUT2D eigenvalue weighted by molar-refractivity contribution is -0.131. The van der Waals surface area contributed by atoms with Crippen molar-refractivity contribution in [3.63, 3.8) is 0 Å². The van der Waals surface area contributed by atoms with E-state index in [0.717, 1.165) is 26.0 Å². The fourth-order valence-corrected chi connectivity index (χ4v) is 5.13. The van der Waals surface area contributed by atoms with Gasteiger partial charge >= 0.3 is 0 Å². The minimum atomic E-state index is 0.0619. The number of piperazine rings is 1. The molecule has 1 aromatic carbocycles. The predicted molar refractivity (Wildman–Crippen MR) is 118 cm³/mol. The van der Waals surface area contributed by atoms with Crippen LogP contribution in [0.15, 0.2) is 41.8 Å². The number of thiophene rings is 1. The molecule has 0 atom stereocenters. The van der Waals surface area contributed by atoms with E-state index in [1.54, 1.807) is 11.3 Å². The van der Waals surface area contributed by atoms with Crippen molar-refractivity contribution in [1.29, 1.82) is 0 Å². The summed E-state index contributed by atoms with van der Waals surface area (Å²) in [7, 11) is 0. The first kappa shape index (κ1) is 19.8. The third kappa shape index (κ3) is 4.41. The topological polar surface area (TPSA) is 53.5 Å². The van der Waals surface area contributed by atoms with Crippen LogP contribution < -0.4 is 0 Å². The smallest absolute Gasteiger partial charge is 0.264 e. The van der Waals surface area contributed by atoms with Crippen LogP contribution in [0, 0.1) is 13.8 Å². The molecule has 3 aromatic rings. The number of thiazole rings is 1. The number of aromatic nitrogens is 1. The number of benzene rings is 1. The summed E-state index contributed by atoms with van der Waals surface area (Å²) in [5, 5.41) is 2.88. The van der Waals surface area contributed by atoms with Gasteiger partial charge in [0.05, 0.1) is 22.0 Å². The van der Waals surface area contributed by atoms with Crippen LogP contribution in [-0.4, -0.2) is 52.8 Å². The maximum atomic E-state index is 12.9. The Kier molecular flexibility index (Phi) is 5.78. The molecule has 29 heavy (non-hydrogen) atoms. The van der Waals surface area contributed by atoms with Crippen LogP contribution in [-0.2, 0) is 11.2 Å². The molecule has 0 bridgehead atoms. The van der Waals surface area contributed by atoms with Crippen molar-refractivity contribution in [2.24, 2.45) is 0 Å². The number of aryl methyl sites for hydroxylation is 2. The predicted octanol–water partition coefficient (Wildman–Crippen LogP) is 4.02. The Morgan fingerprint density at radius 1 is 1.00 bits per heavy atom. The number of amides is 2. The van der Waals surface area contributed by atoms with E-state index in [-0.39, 0.29) is 11.8 Å². The van der Waals surface area contributed by atoms with Crippen molar-refractivity contribution < 1.29 is 9.59 Å². The van der Waals surface area contributed by atoms with E-state index in [4.69, 9.17) is 0 Å². The third-order valence-corrected chi connectivity index (χ3v) is 6.92. The maximum absolute atomic E-state index is 12.9. The summed E-state index contributed by atoms with van der Waals surface area (Å²) in [6.07, 6.45) is 0.355. The molecular formula is C22H23N3O2S2. The zero-order valence-corrected chi connectivity index (χ0v) is 18.2. The van der Waals surface area contributed by atoms with Gasteiger partial charge in [0, 0.05) is 36.6 Å². The number of carbonyl (C=O) groups is 2. The first-order valence-electron chi connectivity index (χ1n) is 9.65. The van der Waals surface area contributed by atoms with Crippen LogP contribution in [0.1, 0.15) is 25.1 Å². The van der Waals surface area contributed by atoms with Crippen LogP contribution in [0.2, 0.25) is 0 Å². The lowest BCUT2D eigenvalue weighted by Crippen LogP contribution is -2.50. The molecule has 1 saturated heterocycles. The highest BCUT2D eigenvalue weighted by atomic mass is 32.1. The fraction of sp³-hybridized carbons (Fsp3) is 0.318. The summed E-state index contributed by atoms with van der Waals surface area (Å²) in [5.41, 5.74) is 3.16. The third-order valence-electron chi connectivity index (χ3n) is 5.09. The Bertz CT molecular complexity index is 1000. The van der Waals surface area contributed by atoms with Crippen LogP contribution in [0.25, 0.3) is 11.3 Å². The average Bonchev–Trinajstić information content (AvgIpc) is 3.38. The molecule has 5 nitrogen and oxygen atoms in total. The normalized spacial score (nSPS) is 14.3. The van der Waals surface area contributed by atoms with Gasteiger partial charge in [-0.15, -0.1) is 22.7 Å². The number of hydrogen-bond acceptors (Lipinski definition) is 5. The van der Waals surface area contributed by atoms with Gasteiger partial charge in [-0.25, -0.2) is 4.98 Å². The Balaban J connectivity index is 1.41. The Hall–Kier alpha value is -2.51. The molecule has 1 aliphatic rings. The van der Waals surface area contributed by atoms with Gasteiger partial charge in [-0.3, -0.25) is 9.59 Å². The van der Waals surface area contributed by atoms with Crippen LogP contribution >= 0.6 is 22.7 Å². The summed E-state index contributed by atoms with van der Waals surface area (Å²) in [5.74, 6) is 0.164. The van der Waals surface area contributed by atoms with Crippen molar-refractivity contribution in [1.82, 2.24) is 14.8 Å². The molecule has 1 fully saturated rings. The molecule has 0 radical (unpaired) electrons. The average molecular weight is 426 g/mol. The second-order valence-corrected chi connectivity index (χ2v) is 9.43. The summed E-state index contributed by atoms with van der Waals surface area (Å²) < 4.78 is 0. The number of hydrogen-bond donors (Lipinski definition) is 0. The van der Waals surface area contributed by atoms with E-state index in [0.29, 0.717) is 32.6 Å². The maximum Gasteiger partial charge on any atom is 0.264 e. The lowest BCUT2D eigenvalue weighted by atomic mass is 10.1. The van der Waals surface area contributed by atoms with Crippen LogP contribution in [0.4, 0.5) is 0 Å². The van der Waals surface area contributed by atoms with Gasteiger partial charge in [0.15, 0.2) is 0 Å². The minimum Gasteiger partial charge on any atom is -0.339 e. The minimum absolute atomic E-state index is 0.0619. The Morgan fingerprint density at radius 2 is 1.69 bits per heavy atom. The van der Waals surface area contributed by atoms with Crippen LogP contribution in [0.5, 0.6) is 0 Å². The molecule has 0 aliphatic carbocycles. The zero-order valence-electron chi connectivity index (χ0n) is 16.6. The molecule has 0 N–H and O–H groups in total. The van der Waals surface area contributed by atoms with Gasteiger partial charge in [-0.1, -0.05) is 35.9 Å². The van der Waals surface area contributed by atoms with E-state index in [9.17, 15) is 9.59 Å². The second kappa shape index (κ2) is 8.47. The summed E-state index contributed by atoms with van der Waals surface area (Å²) in [6, 6.07) is 12.0. The summed E-state index contributed by atoms with van der Waals surface area (Å²) in [6.45, 7) is 6.35. The first-order chi connectivity index (χ1) is 14.0. The Labute approximate surface area is 178 Å². The number of rotatable bonds is 4. The standard InChI is InChI=1S/C22H23N3O2S2/c1-15-5-7-17(8-6-15)21-19(29-16(2)23-21)14-20(26)24-9-11-25(12-10-24)22(27)18-4-3-13-28-18/h3-8,13H,9-12,14H2,1-2H3. The van der Waals surface area contributed by atoms with Gasteiger partial charge in [-0.05, 0) is 25.3 Å². The molecule has 0 saturated carbocycles. The SMILES string of the molecule is Cc1ccc(-c2nc(C)sc2CC(=O)N2CCN(C(=O)c3cccs3)CC2)cc1. The van der Waals surface area contributed by atoms with Gasteiger partial charge in [0.1, 0.15) is 0 Å². The highest BCUT2D eigenvalue weighted by Crippen LogP contribution is 2.29. The molecule has 0 spiro atoms. The molecule has 1 aliphatic heterocycles. The summed E-state index contributed by atoms with van der Waals surface area (Å²) in [4.78, 5) is 35.5. The molecule has 0 unspecified atom stereocenters. The van der Waals surface area contributed by atoms with Gasteiger partial charge in [0.25, 0.3) is 5.91 Å². The van der Waals surface area contributed by atoms with Gasteiger partial charge in [0.2, 0.25) is 5.91 Å². The van der Waals surface area contributed by atoms with Gasteiger partial charge in [-0.2, -0.15) is 0 Å². The van der Waals surface area contributed by atoms with E-state index < -0.39 is 0 Å². The first-order valence-corrected chi connectivity index (χ1v) is 11.3.